The lowest BCUT2D eigenvalue weighted by molar-refractivity contribution is 0.0734. The number of rotatable bonds is 12. The minimum atomic E-state index is -0.830. The van der Waals surface area contributed by atoms with E-state index in [2.05, 4.69) is 122 Å². The first-order chi connectivity index (χ1) is 39.5. The number of aryl methyl sites for hydroxylation is 3. The SMILES string of the molecule is Cc1cc(OC(=O)c2cc(C(=O)Oc3ccc(N=Nc4ccc5c(c4)Cc4ccccc4-5)c(C)c3)cc(C(=O)Oc3ccc(N=Nc4ccc5c(c4)Cc4ccccc4-5)c(C)c3)c2)ccc1N=Nc1ccc2c(c1)Cc1ccccc1-2. The van der Waals surface area contributed by atoms with E-state index >= 15 is 0 Å². The topological polar surface area (TPSA) is 153 Å². The summed E-state index contributed by atoms with van der Waals surface area (Å²) in [6.45, 7) is 5.51. The molecule has 13 rings (SSSR count). The lowest BCUT2D eigenvalue weighted by Gasteiger charge is -2.12. The van der Waals surface area contributed by atoms with Crippen LogP contribution in [-0.2, 0) is 19.3 Å². The number of carbonyl (C=O) groups is 3. The molecule has 0 bridgehead atoms. The maximum absolute atomic E-state index is 14.1. The van der Waals surface area contributed by atoms with E-state index in [9.17, 15) is 14.4 Å². The highest BCUT2D eigenvalue weighted by Crippen LogP contribution is 2.42. The molecule has 0 amide bonds. The summed E-state index contributed by atoms with van der Waals surface area (Å²) in [5, 5.41) is 27.1. The van der Waals surface area contributed by atoms with Crippen LogP contribution in [0.15, 0.2) is 231 Å². The Kier molecular flexibility index (Phi) is 12.9. The average molecular weight is 1060 g/mol. The highest BCUT2D eigenvalue weighted by molar-refractivity contribution is 6.02. The van der Waals surface area contributed by atoms with Crippen LogP contribution >= 0.6 is 0 Å². The Hall–Kier alpha value is -10.6. The molecule has 0 N–H and O–H groups in total. The second-order valence-electron chi connectivity index (χ2n) is 20.4. The van der Waals surface area contributed by atoms with Crippen molar-refractivity contribution in [2.75, 3.05) is 0 Å². The largest absolute Gasteiger partial charge is 0.423 e. The summed E-state index contributed by atoms with van der Waals surface area (Å²) in [5.74, 6) is -1.84. The molecular weight excluding hydrogens is 1010 g/mol. The van der Waals surface area contributed by atoms with Gasteiger partial charge in [-0.05, 0) is 233 Å². The Morgan fingerprint density at radius 3 is 0.877 bits per heavy atom. The summed E-state index contributed by atoms with van der Waals surface area (Å²) in [6.07, 6.45) is 2.52. The van der Waals surface area contributed by atoms with Crippen LogP contribution in [0, 0.1) is 20.8 Å². The molecule has 81 heavy (non-hydrogen) atoms. The zero-order chi connectivity index (χ0) is 55.1. The van der Waals surface area contributed by atoms with Gasteiger partial charge < -0.3 is 14.2 Å². The van der Waals surface area contributed by atoms with Crippen LogP contribution in [0.3, 0.4) is 0 Å². The van der Waals surface area contributed by atoms with Gasteiger partial charge in [-0.2, -0.15) is 30.7 Å². The molecule has 3 aliphatic carbocycles. The number of carbonyl (C=O) groups excluding carboxylic acids is 3. The molecule has 0 fully saturated rings. The van der Waals surface area contributed by atoms with E-state index in [1.807, 2.05) is 57.2 Å². The minimum Gasteiger partial charge on any atom is -0.423 e. The molecular formula is C69H48N6O6. The van der Waals surface area contributed by atoms with Crippen LogP contribution in [-0.4, -0.2) is 17.9 Å². The van der Waals surface area contributed by atoms with Gasteiger partial charge in [-0.15, -0.1) is 0 Å². The fraction of sp³-hybridized carbons (Fsp3) is 0.0870. The Morgan fingerprint density at radius 2 is 0.580 bits per heavy atom. The molecule has 0 unspecified atom stereocenters. The van der Waals surface area contributed by atoms with Crippen molar-refractivity contribution in [3.8, 4) is 50.6 Å². The van der Waals surface area contributed by atoms with E-state index in [4.69, 9.17) is 14.2 Å². The highest BCUT2D eigenvalue weighted by Gasteiger charge is 2.24. The van der Waals surface area contributed by atoms with E-state index in [-0.39, 0.29) is 33.9 Å². The van der Waals surface area contributed by atoms with Gasteiger partial charge in [0.15, 0.2) is 0 Å². The van der Waals surface area contributed by atoms with Crippen molar-refractivity contribution < 1.29 is 28.6 Å². The van der Waals surface area contributed by atoms with Gasteiger partial charge >= 0.3 is 17.9 Å². The highest BCUT2D eigenvalue weighted by atomic mass is 16.5. The van der Waals surface area contributed by atoms with E-state index in [0.29, 0.717) is 33.8 Å². The number of esters is 3. The van der Waals surface area contributed by atoms with E-state index < -0.39 is 17.9 Å². The van der Waals surface area contributed by atoms with Gasteiger partial charge in [0.1, 0.15) is 17.2 Å². The van der Waals surface area contributed by atoms with Gasteiger partial charge in [0.25, 0.3) is 0 Å². The molecule has 0 saturated heterocycles. The van der Waals surface area contributed by atoms with Crippen LogP contribution in [0.1, 0.15) is 81.1 Å². The summed E-state index contributed by atoms with van der Waals surface area (Å²) in [7, 11) is 0. The predicted molar refractivity (Wildman–Crippen MR) is 311 cm³/mol. The molecule has 3 aliphatic rings. The Morgan fingerprint density at radius 1 is 0.296 bits per heavy atom. The second-order valence-corrected chi connectivity index (χ2v) is 20.4. The summed E-state index contributed by atoms with van der Waals surface area (Å²) in [6, 6.07) is 62.3. The van der Waals surface area contributed by atoms with Crippen molar-refractivity contribution in [2.24, 2.45) is 30.7 Å². The lowest BCUT2D eigenvalue weighted by Crippen LogP contribution is -2.17. The van der Waals surface area contributed by atoms with Gasteiger partial charge in [0, 0.05) is 0 Å². The van der Waals surface area contributed by atoms with Gasteiger partial charge in [-0.3, -0.25) is 0 Å². The van der Waals surface area contributed by atoms with Gasteiger partial charge in [0.05, 0.1) is 50.8 Å². The maximum atomic E-state index is 14.1. The first-order valence-corrected chi connectivity index (χ1v) is 26.5. The van der Waals surface area contributed by atoms with Crippen molar-refractivity contribution in [1.82, 2.24) is 0 Å². The first kappa shape index (κ1) is 49.9. The number of hydrogen-bond acceptors (Lipinski definition) is 12. The van der Waals surface area contributed by atoms with Gasteiger partial charge in [0.2, 0.25) is 0 Å². The van der Waals surface area contributed by atoms with Crippen LogP contribution in [0.2, 0.25) is 0 Å². The molecule has 390 valence electrons. The summed E-state index contributed by atoms with van der Waals surface area (Å²) >= 11 is 0. The quantitative estimate of drug-likeness (QED) is 0.0674. The normalized spacial score (nSPS) is 12.5. The van der Waals surface area contributed by atoms with E-state index in [1.54, 1.807) is 54.6 Å². The number of azo groups is 3. The van der Waals surface area contributed by atoms with E-state index in [1.165, 1.54) is 85.0 Å². The maximum Gasteiger partial charge on any atom is 0.343 e. The van der Waals surface area contributed by atoms with Crippen molar-refractivity contribution >= 4 is 52.0 Å². The summed E-state index contributed by atoms with van der Waals surface area (Å²) in [5.41, 5.74) is 20.5. The number of nitrogens with zero attached hydrogens (tertiary/aromatic N) is 6. The average Bonchev–Trinajstić information content (AvgIpc) is 4.26. The number of hydrogen-bond donors (Lipinski definition) is 0. The lowest BCUT2D eigenvalue weighted by atomic mass is 10.1. The second kappa shape index (κ2) is 21.0. The third-order valence-corrected chi connectivity index (χ3v) is 14.9. The van der Waals surface area contributed by atoms with Gasteiger partial charge in [-0.1, -0.05) is 91.0 Å². The molecule has 0 aliphatic heterocycles. The first-order valence-electron chi connectivity index (χ1n) is 26.5. The zero-order valence-electron chi connectivity index (χ0n) is 44.3. The molecule has 12 nitrogen and oxygen atoms in total. The van der Waals surface area contributed by atoms with Crippen LogP contribution in [0.5, 0.6) is 17.2 Å². The number of fused-ring (bicyclic) bond motifs is 9. The molecule has 0 saturated carbocycles. The van der Waals surface area contributed by atoms with E-state index in [0.717, 1.165) is 36.3 Å². The summed E-state index contributed by atoms with van der Waals surface area (Å²) in [4.78, 5) is 42.2. The molecule has 10 aromatic rings. The minimum absolute atomic E-state index is 0.0960. The zero-order valence-corrected chi connectivity index (χ0v) is 44.3. The summed E-state index contributed by atoms with van der Waals surface area (Å²) < 4.78 is 17.6. The number of benzene rings is 10. The fourth-order valence-electron chi connectivity index (χ4n) is 10.8. The van der Waals surface area contributed by atoms with Crippen molar-refractivity contribution in [2.45, 2.75) is 40.0 Å². The fourth-order valence-corrected chi connectivity index (χ4v) is 10.8. The molecule has 0 atom stereocenters. The van der Waals surface area contributed by atoms with Crippen molar-refractivity contribution in [1.29, 1.82) is 0 Å². The van der Waals surface area contributed by atoms with Crippen molar-refractivity contribution in [3.05, 3.63) is 267 Å². The number of ether oxygens (including phenoxy) is 3. The van der Waals surface area contributed by atoms with Crippen LogP contribution < -0.4 is 14.2 Å². The smallest absolute Gasteiger partial charge is 0.343 e. The van der Waals surface area contributed by atoms with Gasteiger partial charge in [-0.25, -0.2) is 14.4 Å². The predicted octanol–water partition coefficient (Wildman–Crippen LogP) is 18.2. The Balaban J connectivity index is 0.724. The third-order valence-electron chi connectivity index (χ3n) is 14.9. The molecule has 0 spiro atoms. The van der Waals surface area contributed by atoms with Crippen LogP contribution in [0.25, 0.3) is 33.4 Å². The monoisotopic (exact) mass is 1060 g/mol. The molecule has 0 radical (unpaired) electrons. The Bertz CT molecular complexity index is 3920. The molecule has 12 heteroatoms. The molecule has 0 aromatic heterocycles. The van der Waals surface area contributed by atoms with Crippen molar-refractivity contribution in [3.63, 3.8) is 0 Å². The Labute approximate surface area is 466 Å². The molecule has 0 heterocycles. The third kappa shape index (κ3) is 10.3. The standard InChI is InChI=1S/C69H48N6O6/c1-40-28-55(19-25-64(40)73-70-52-16-22-61-46(37-52)31-43-10-4-7-13-58(43)61)79-67(76)49-34-50(68(77)80-56-20-26-65(41(2)29-56)74-71-53-17-23-62-47(38-53)32-44-11-5-8-14-59(44)62)36-51(35-49)69(78)81-57-21-27-66(42(3)30-57)75-72-54-18-24-63-48(39-54)33-45-12-6-9-15-60(45)63/h4-30,34-39H,31-33H2,1-3H3. The molecule has 10 aromatic carbocycles. The van der Waals surface area contributed by atoms with Crippen LogP contribution in [0.4, 0.5) is 34.1 Å².